The van der Waals surface area contributed by atoms with Gasteiger partial charge in [0.1, 0.15) is 0 Å². The summed E-state index contributed by atoms with van der Waals surface area (Å²) in [6.45, 7) is 4.04. The van der Waals surface area contributed by atoms with Crippen molar-refractivity contribution in [3.8, 4) is 0 Å². The molecule has 0 radical (unpaired) electrons. The van der Waals surface area contributed by atoms with Crippen molar-refractivity contribution in [2.24, 2.45) is 0 Å². The predicted molar refractivity (Wildman–Crippen MR) is 62.7 cm³/mol. The molecule has 0 fully saturated rings. The summed E-state index contributed by atoms with van der Waals surface area (Å²) >= 11 is 5.47. The molecule has 1 N–H and O–H groups in total. The van der Waals surface area contributed by atoms with Crippen LogP contribution in [0.2, 0.25) is 0 Å². The van der Waals surface area contributed by atoms with Crippen molar-refractivity contribution in [2.75, 3.05) is 24.8 Å². The molecule has 0 amide bonds. The van der Waals surface area contributed by atoms with Crippen LogP contribution in [0.4, 0.5) is 0 Å². The Kier molecular flexibility index (Phi) is 7.52. The first-order valence-electron chi connectivity index (χ1n) is 5.12. The predicted octanol–water partition coefficient (Wildman–Crippen LogP) is 1.04. The van der Waals surface area contributed by atoms with Crippen LogP contribution in [0.15, 0.2) is 0 Å². The number of aliphatic hydroxyl groups excluding tert-OH is 1. The van der Waals surface area contributed by atoms with E-state index in [1.165, 1.54) is 4.31 Å². The molecule has 0 aromatic carbocycles. The number of aliphatic hydroxyl groups is 1. The van der Waals surface area contributed by atoms with Gasteiger partial charge in [0.15, 0.2) is 0 Å². The minimum absolute atomic E-state index is 0.00818. The molecule has 0 saturated carbocycles. The molecule has 0 atom stereocenters. The molecule has 0 aliphatic carbocycles. The maximum atomic E-state index is 11.8. The van der Waals surface area contributed by atoms with Gasteiger partial charge in [0.05, 0.1) is 5.75 Å². The zero-order valence-electron chi connectivity index (χ0n) is 9.32. The van der Waals surface area contributed by atoms with Gasteiger partial charge in [-0.25, -0.2) is 8.42 Å². The van der Waals surface area contributed by atoms with E-state index in [2.05, 4.69) is 0 Å². The topological polar surface area (TPSA) is 57.6 Å². The number of rotatable bonds is 8. The Balaban J connectivity index is 4.45. The molecule has 0 spiro atoms. The van der Waals surface area contributed by atoms with Gasteiger partial charge in [0.25, 0.3) is 0 Å². The number of sulfonamides is 1. The Morgan fingerprint density at radius 1 is 1.33 bits per heavy atom. The lowest BCUT2D eigenvalue weighted by Gasteiger charge is -2.25. The van der Waals surface area contributed by atoms with Gasteiger partial charge in [0.2, 0.25) is 10.0 Å². The third kappa shape index (κ3) is 5.70. The number of halogens is 1. The van der Waals surface area contributed by atoms with Crippen molar-refractivity contribution in [2.45, 2.75) is 32.7 Å². The van der Waals surface area contributed by atoms with Gasteiger partial charge >= 0.3 is 0 Å². The molecule has 92 valence electrons. The van der Waals surface area contributed by atoms with Crippen molar-refractivity contribution in [1.29, 1.82) is 0 Å². The SMILES string of the molecule is CC(C)N(CCCO)S(=O)(=O)CCCCl. The van der Waals surface area contributed by atoms with Crippen molar-refractivity contribution in [3.05, 3.63) is 0 Å². The van der Waals surface area contributed by atoms with Crippen LogP contribution >= 0.6 is 11.6 Å². The minimum atomic E-state index is -3.22. The molecule has 0 unspecified atom stereocenters. The average Bonchev–Trinajstić information content (AvgIpc) is 2.14. The second-order valence-corrected chi connectivity index (χ2v) is 6.06. The van der Waals surface area contributed by atoms with Crippen molar-refractivity contribution >= 4 is 21.6 Å². The first-order valence-corrected chi connectivity index (χ1v) is 7.26. The van der Waals surface area contributed by atoms with Crippen LogP contribution in [-0.4, -0.2) is 48.7 Å². The van der Waals surface area contributed by atoms with E-state index in [9.17, 15) is 8.42 Å². The molecule has 0 heterocycles. The van der Waals surface area contributed by atoms with E-state index >= 15 is 0 Å². The molecule has 0 aromatic rings. The largest absolute Gasteiger partial charge is 0.396 e. The molecular formula is C9H20ClNO3S. The number of alkyl halides is 1. The van der Waals surface area contributed by atoms with E-state index in [4.69, 9.17) is 16.7 Å². The van der Waals surface area contributed by atoms with Crippen LogP contribution in [0.25, 0.3) is 0 Å². The highest BCUT2D eigenvalue weighted by Crippen LogP contribution is 2.09. The summed E-state index contributed by atoms with van der Waals surface area (Å²) < 4.78 is 25.1. The quantitative estimate of drug-likeness (QED) is 0.661. The average molecular weight is 258 g/mol. The summed E-state index contributed by atoms with van der Waals surface area (Å²) in [7, 11) is -3.22. The van der Waals surface area contributed by atoms with E-state index in [-0.39, 0.29) is 18.4 Å². The molecule has 15 heavy (non-hydrogen) atoms. The lowest BCUT2D eigenvalue weighted by atomic mass is 10.3. The summed E-state index contributed by atoms with van der Waals surface area (Å²) in [6.07, 6.45) is 0.935. The smallest absolute Gasteiger partial charge is 0.214 e. The maximum Gasteiger partial charge on any atom is 0.214 e. The molecule has 0 aliphatic rings. The van der Waals surface area contributed by atoms with E-state index in [1.54, 1.807) is 0 Å². The molecule has 4 nitrogen and oxygen atoms in total. The summed E-state index contributed by atoms with van der Waals surface area (Å²) in [5.41, 5.74) is 0. The normalized spacial score (nSPS) is 12.7. The van der Waals surface area contributed by atoms with Crippen LogP contribution in [-0.2, 0) is 10.0 Å². The first kappa shape index (κ1) is 15.2. The summed E-state index contributed by atoms with van der Waals surface area (Å²) in [5, 5.41) is 8.70. The summed E-state index contributed by atoms with van der Waals surface area (Å²) in [4.78, 5) is 0. The highest BCUT2D eigenvalue weighted by atomic mass is 35.5. The molecule has 0 aliphatic heterocycles. The van der Waals surface area contributed by atoms with Gasteiger partial charge in [-0.3, -0.25) is 0 Å². The van der Waals surface area contributed by atoms with Crippen molar-refractivity contribution in [3.63, 3.8) is 0 Å². The number of nitrogens with zero attached hydrogens (tertiary/aromatic N) is 1. The Morgan fingerprint density at radius 3 is 2.33 bits per heavy atom. The van der Waals surface area contributed by atoms with Gasteiger partial charge in [-0.1, -0.05) is 0 Å². The van der Waals surface area contributed by atoms with E-state index in [0.717, 1.165) is 0 Å². The van der Waals surface area contributed by atoms with E-state index in [1.807, 2.05) is 13.8 Å². The fraction of sp³-hybridized carbons (Fsp3) is 1.00. The van der Waals surface area contributed by atoms with Crippen LogP contribution in [0.3, 0.4) is 0 Å². The summed E-state index contributed by atoms with van der Waals surface area (Å²) in [6, 6.07) is -0.0723. The lowest BCUT2D eigenvalue weighted by Crippen LogP contribution is -2.39. The second-order valence-electron chi connectivity index (χ2n) is 3.64. The Hall–Kier alpha value is 0.160. The van der Waals surface area contributed by atoms with Crippen LogP contribution in [0.5, 0.6) is 0 Å². The van der Waals surface area contributed by atoms with E-state index in [0.29, 0.717) is 25.3 Å². The Labute approximate surface area is 97.3 Å². The maximum absolute atomic E-state index is 11.8. The van der Waals surface area contributed by atoms with Gasteiger partial charge in [-0.15, -0.1) is 11.6 Å². The lowest BCUT2D eigenvalue weighted by molar-refractivity contribution is 0.258. The highest BCUT2D eigenvalue weighted by Gasteiger charge is 2.23. The number of hydrogen-bond donors (Lipinski definition) is 1. The minimum Gasteiger partial charge on any atom is -0.396 e. The Morgan fingerprint density at radius 2 is 1.93 bits per heavy atom. The fourth-order valence-corrected chi connectivity index (χ4v) is 3.38. The monoisotopic (exact) mass is 257 g/mol. The van der Waals surface area contributed by atoms with Crippen LogP contribution < -0.4 is 0 Å². The van der Waals surface area contributed by atoms with Crippen molar-refractivity contribution < 1.29 is 13.5 Å². The fourth-order valence-electron chi connectivity index (χ4n) is 1.30. The van der Waals surface area contributed by atoms with Crippen LogP contribution in [0, 0.1) is 0 Å². The molecule has 0 saturated heterocycles. The first-order chi connectivity index (χ1) is 6.95. The third-order valence-electron chi connectivity index (χ3n) is 2.01. The third-order valence-corrected chi connectivity index (χ3v) is 4.40. The highest BCUT2D eigenvalue weighted by molar-refractivity contribution is 7.89. The number of hydrogen-bond acceptors (Lipinski definition) is 3. The van der Waals surface area contributed by atoms with Crippen molar-refractivity contribution in [1.82, 2.24) is 4.31 Å². The van der Waals surface area contributed by atoms with E-state index < -0.39 is 10.0 Å². The molecule has 0 bridgehead atoms. The zero-order valence-corrected chi connectivity index (χ0v) is 10.9. The van der Waals surface area contributed by atoms with Gasteiger partial charge in [0, 0.05) is 25.1 Å². The molecule has 0 aromatic heterocycles. The van der Waals surface area contributed by atoms with Crippen LogP contribution in [0.1, 0.15) is 26.7 Å². The van der Waals surface area contributed by atoms with Gasteiger partial charge in [-0.05, 0) is 26.7 Å². The molecule has 6 heteroatoms. The van der Waals surface area contributed by atoms with Gasteiger partial charge < -0.3 is 5.11 Å². The molecular weight excluding hydrogens is 238 g/mol. The molecule has 0 rings (SSSR count). The second kappa shape index (κ2) is 7.44. The summed E-state index contributed by atoms with van der Waals surface area (Å²) in [5.74, 6) is 0.436. The standard InChI is InChI=1S/C9H20ClNO3S/c1-9(2)11(6-4-7-12)15(13,14)8-3-5-10/h9,12H,3-8H2,1-2H3. The Bertz CT molecular complexity index is 254. The van der Waals surface area contributed by atoms with Gasteiger partial charge in [-0.2, -0.15) is 4.31 Å². The zero-order chi connectivity index (χ0) is 11.9.